The molecule has 10 heteroatoms. The second kappa shape index (κ2) is 8.50. The molecule has 4 aromatic rings. The molecular formula is C21H14Cl2N4O3S. The largest absolute Gasteiger partial charge is 0.321 e. The first-order valence-electron chi connectivity index (χ1n) is 8.99. The lowest BCUT2D eigenvalue weighted by atomic mass is 10.2. The highest BCUT2D eigenvalue weighted by Gasteiger charge is 2.26. The van der Waals surface area contributed by atoms with Crippen LogP contribution in [-0.2, 0) is 0 Å². The summed E-state index contributed by atoms with van der Waals surface area (Å²) in [6.07, 6.45) is 0. The smallest absolute Gasteiger partial charge is 0.274 e. The van der Waals surface area contributed by atoms with Crippen LogP contribution < -0.4 is 16.2 Å². The van der Waals surface area contributed by atoms with Crippen molar-refractivity contribution in [2.45, 2.75) is 6.92 Å². The van der Waals surface area contributed by atoms with E-state index in [2.05, 4.69) is 15.6 Å². The van der Waals surface area contributed by atoms with Crippen LogP contribution in [0.25, 0.3) is 4.96 Å². The molecule has 0 saturated carbocycles. The molecule has 31 heavy (non-hydrogen) atoms. The molecule has 0 bridgehead atoms. The summed E-state index contributed by atoms with van der Waals surface area (Å²) in [5.41, 5.74) is 0.834. The van der Waals surface area contributed by atoms with Crippen molar-refractivity contribution in [1.29, 1.82) is 0 Å². The number of nitrogens with one attached hydrogen (secondary N) is 2. The van der Waals surface area contributed by atoms with Crippen LogP contribution in [0.3, 0.4) is 0 Å². The van der Waals surface area contributed by atoms with Crippen LogP contribution >= 0.6 is 34.5 Å². The van der Waals surface area contributed by atoms with Gasteiger partial charge in [-0.05, 0) is 49.4 Å². The van der Waals surface area contributed by atoms with E-state index >= 15 is 0 Å². The highest BCUT2D eigenvalue weighted by molar-refractivity contribution is 7.19. The molecule has 2 N–H and O–H groups in total. The van der Waals surface area contributed by atoms with E-state index < -0.39 is 17.4 Å². The molecule has 2 amide bonds. The maximum Gasteiger partial charge on any atom is 0.274 e. The topological polar surface area (TPSA) is 92.6 Å². The molecular weight excluding hydrogens is 459 g/mol. The van der Waals surface area contributed by atoms with E-state index in [0.29, 0.717) is 27.1 Å². The molecule has 0 fully saturated rings. The van der Waals surface area contributed by atoms with Gasteiger partial charge in [-0.25, -0.2) is 9.38 Å². The van der Waals surface area contributed by atoms with Crippen LogP contribution in [0.2, 0.25) is 10.0 Å². The predicted molar refractivity (Wildman–Crippen MR) is 123 cm³/mol. The van der Waals surface area contributed by atoms with Crippen LogP contribution in [0, 0.1) is 6.92 Å². The lowest BCUT2D eigenvalue weighted by Gasteiger charge is -2.08. The number of thiazole rings is 1. The number of aryl methyl sites for hydroxylation is 1. The van der Waals surface area contributed by atoms with Crippen molar-refractivity contribution < 1.29 is 9.59 Å². The molecule has 156 valence electrons. The third-order valence-corrected chi connectivity index (χ3v) is 5.78. The van der Waals surface area contributed by atoms with Gasteiger partial charge in [-0.15, -0.1) is 0 Å². The average molecular weight is 473 g/mol. The summed E-state index contributed by atoms with van der Waals surface area (Å²) < 4.78 is 1.13. The molecule has 7 nitrogen and oxygen atoms in total. The minimum Gasteiger partial charge on any atom is -0.321 e. The second-order valence-electron chi connectivity index (χ2n) is 6.56. The summed E-state index contributed by atoms with van der Waals surface area (Å²) in [6.45, 7) is 1.67. The summed E-state index contributed by atoms with van der Waals surface area (Å²) >= 11 is 12.8. The molecule has 2 aromatic carbocycles. The maximum atomic E-state index is 13.1. The van der Waals surface area contributed by atoms with Crippen molar-refractivity contribution in [3.05, 3.63) is 91.3 Å². The van der Waals surface area contributed by atoms with Crippen LogP contribution in [0.4, 0.5) is 11.4 Å². The van der Waals surface area contributed by atoms with Gasteiger partial charge in [-0.3, -0.25) is 14.4 Å². The molecule has 0 radical (unpaired) electrons. The Morgan fingerprint density at radius 3 is 2.35 bits per heavy atom. The van der Waals surface area contributed by atoms with Gasteiger partial charge in [-0.2, -0.15) is 0 Å². The Hall–Kier alpha value is -3.20. The fraction of sp³-hybridized carbons (Fsp3) is 0.0476. The fourth-order valence-corrected chi connectivity index (χ4v) is 4.31. The van der Waals surface area contributed by atoms with Crippen molar-refractivity contribution in [2.24, 2.45) is 0 Å². The van der Waals surface area contributed by atoms with Crippen molar-refractivity contribution in [3.8, 4) is 0 Å². The fourth-order valence-electron chi connectivity index (χ4n) is 2.92. The van der Waals surface area contributed by atoms with Gasteiger partial charge in [0.2, 0.25) is 0 Å². The Bertz CT molecular complexity index is 1380. The third-order valence-electron chi connectivity index (χ3n) is 4.25. The zero-order valence-corrected chi connectivity index (χ0v) is 18.3. The molecule has 0 aliphatic carbocycles. The second-order valence-corrected chi connectivity index (χ2v) is 8.41. The minimum atomic E-state index is -0.637. The van der Waals surface area contributed by atoms with Crippen molar-refractivity contribution in [2.75, 3.05) is 10.6 Å². The standard InChI is InChI=1S/C21H14Cl2N4O3S/c1-11-9-16(28)27-17(19(29)26-15-4-2-3-13(23)10-15)18(31-21(27)24-11)20(30)25-14-7-5-12(22)6-8-14/h2-10H,1H3,(H,25,30)(H,26,29). The van der Waals surface area contributed by atoms with Gasteiger partial charge in [0.1, 0.15) is 10.6 Å². The maximum absolute atomic E-state index is 13.1. The predicted octanol–water partition coefficient (Wildman–Crippen LogP) is 4.88. The highest BCUT2D eigenvalue weighted by Crippen LogP contribution is 2.25. The Labute approximate surface area is 190 Å². The van der Waals surface area contributed by atoms with Gasteiger partial charge in [0.25, 0.3) is 17.4 Å². The van der Waals surface area contributed by atoms with E-state index in [1.807, 2.05) is 0 Å². The van der Waals surface area contributed by atoms with E-state index in [0.717, 1.165) is 15.7 Å². The molecule has 2 aromatic heterocycles. The Morgan fingerprint density at radius 1 is 0.935 bits per heavy atom. The van der Waals surface area contributed by atoms with Gasteiger partial charge in [-0.1, -0.05) is 40.6 Å². The van der Waals surface area contributed by atoms with E-state index in [1.165, 1.54) is 6.07 Å². The molecule has 0 saturated heterocycles. The number of carbonyl (C=O) groups excluding carboxylic acids is 2. The quantitative estimate of drug-likeness (QED) is 0.442. The highest BCUT2D eigenvalue weighted by atomic mass is 35.5. The van der Waals surface area contributed by atoms with Gasteiger partial charge in [0.15, 0.2) is 4.96 Å². The number of fused-ring (bicyclic) bond motifs is 1. The average Bonchev–Trinajstić information content (AvgIpc) is 3.10. The zero-order valence-electron chi connectivity index (χ0n) is 16.0. The summed E-state index contributed by atoms with van der Waals surface area (Å²) in [5, 5.41) is 6.36. The molecule has 4 rings (SSSR count). The summed E-state index contributed by atoms with van der Waals surface area (Å²) in [7, 11) is 0. The first-order chi connectivity index (χ1) is 14.8. The number of benzene rings is 2. The van der Waals surface area contributed by atoms with Crippen molar-refractivity contribution in [1.82, 2.24) is 9.38 Å². The Kier molecular flexibility index (Phi) is 5.77. The summed E-state index contributed by atoms with van der Waals surface area (Å²) in [6, 6.07) is 14.4. The lowest BCUT2D eigenvalue weighted by Crippen LogP contribution is -2.25. The molecule has 0 spiro atoms. The van der Waals surface area contributed by atoms with E-state index in [4.69, 9.17) is 23.2 Å². The minimum absolute atomic E-state index is 0.0460. The molecule has 0 atom stereocenters. The van der Waals surface area contributed by atoms with Crippen molar-refractivity contribution in [3.63, 3.8) is 0 Å². The lowest BCUT2D eigenvalue weighted by molar-refractivity contribution is 0.0989. The van der Waals surface area contributed by atoms with E-state index in [-0.39, 0.29) is 15.5 Å². The number of rotatable bonds is 4. The van der Waals surface area contributed by atoms with Gasteiger partial charge < -0.3 is 10.6 Å². The first-order valence-corrected chi connectivity index (χ1v) is 10.6. The van der Waals surface area contributed by atoms with Crippen LogP contribution in [0.1, 0.15) is 25.9 Å². The number of nitrogens with zero attached hydrogens (tertiary/aromatic N) is 2. The summed E-state index contributed by atoms with van der Waals surface area (Å²) in [4.78, 5) is 43.4. The van der Waals surface area contributed by atoms with Crippen molar-refractivity contribution >= 4 is 62.7 Å². The summed E-state index contributed by atoms with van der Waals surface area (Å²) in [5.74, 6) is -1.19. The monoisotopic (exact) mass is 472 g/mol. The first kappa shape index (κ1) is 21.0. The normalized spacial score (nSPS) is 10.8. The van der Waals surface area contributed by atoms with Crippen LogP contribution in [-0.4, -0.2) is 21.2 Å². The number of hydrogen-bond donors (Lipinski definition) is 2. The molecule has 0 aliphatic rings. The van der Waals surface area contributed by atoms with Gasteiger partial charge in [0, 0.05) is 33.2 Å². The number of halogens is 2. The SMILES string of the molecule is Cc1cc(=O)n2c(C(=O)Nc3cccc(Cl)c3)c(C(=O)Nc3ccc(Cl)cc3)sc2n1. The van der Waals surface area contributed by atoms with Gasteiger partial charge in [0.05, 0.1) is 0 Å². The number of amides is 2. The van der Waals surface area contributed by atoms with E-state index in [1.54, 1.807) is 55.5 Å². The zero-order chi connectivity index (χ0) is 22.1. The van der Waals surface area contributed by atoms with Crippen LogP contribution in [0.15, 0.2) is 59.4 Å². The number of anilines is 2. The molecule has 0 unspecified atom stereocenters. The molecule has 0 aliphatic heterocycles. The Balaban J connectivity index is 1.79. The van der Waals surface area contributed by atoms with Gasteiger partial charge >= 0.3 is 0 Å². The number of hydrogen-bond acceptors (Lipinski definition) is 5. The van der Waals surface area contributed by atoms with E-state index in [9.17, 15) is 14.4 Å². The van der Waals surface area contributed by atoms with Crippen LogP contribution in [0.5, 0.6) is 0 Å². The number of carbonyl (C=O) groups is 2. The number of aromatic nitrogens is 2. The molecule has 2 heterocycles. The third kappa shape index (κ3) is 4.46. The Morgan fingerprint density at radius 2 is 1.65 bits per heavy atom.